The number of nitrogens with one attached hydrogen (secondary N) is 1. The first kappa shape index (κ1) is 46.8. The molecule has 15 heteroatoms. The first-order chi connectivity index (χ1) is 29.6. The van der Waals surface area contributed by atoms with Crippen molar-refractivity contribution in [1.82, 2.24) is 39.8 Å². The Morgan fingerprint density at radius 3 is 1.46 bits per heavy atom. The third-order valence-corrected chi connectivity index (χ3v) is 13.4. The number of carbonyl (C=O) groups is 2. The molecule has 2 aromatic carbocycles. The van der Waals surface area contributed by atoms with Crippen LogP contribution in [-0.4, -0.2) is 130 Å². The Hall–Kier alpha value is -3.70. The van der Waals surface area contributed by atoms with Crippen LogP contribution in [0.3, 0.4) is 0 Å². The van der Waals surface area contributed by atoms with Gasteiger partial charge in [0.05, 0.1) is 5.92 Å². The van der Waals surface area contributed by atoms with Crippen molar-refractivity contribution in [2.45, 2.75) is 51.9 Å². The van der Waals surface area contributed by atoms with Crippen LogP contribution in [0.15, 0.2) is 94.1 Å². The number of nitrogens with zero attached hydrogens (tertiary/aromatic N) is 7. The van der Waals surface area contributed by atoms with Crippen LogP contribution in [0.5, 0.6) is 0 Å². The molecule has 4 aliphatic rings. The summed E-state index contributed by atoms with van der Waals surface area (Å²) in [5, 5.41) is 12.2. The predicted molar refractivity (Wildman–Crippen MR) is 240 cm³/mol. The lowest BCUT2D eigenvalue weighted by Crippen LogP contribution is -2.51. The average Bonchev–Trinajstić information content (AvgIpc) is 3.27. The van der Waals surface area contributed by atoms with E-state index in [-0.39, 0.29) is 11.8 Å². The van der Waals surface area contributed by atoms with Gasteiger partial charge in [-0.1, -0.05) is 68.3 Å². The number of aromatic nitrogens is 2. The minimum atomic E-state index is -0.709. The van der Waals surface area contributed by atoms with Crippen molar-refractivity contribution in [3.8, 4) is 0 Å². The Morgan fingerprint density at radius 2 is 1.02 bits per heavy atom. The summed E-state index contributed by atoms with van der Waals surface area (Å²) in [6, 6.07) is 23.3. The van der Waals surface area contributed by atoms with Crippen molar-refractivity contribution in [2.75, 3.05) is 78.5 Å². The van der Waals surface area contributed by atoms with Crippen LogP contribution in [0.4, 0.5) is 8.78 Å². The smallest absolute Gasteiger partial charge is 0.306 e. The van der Waals surface area contributed by atoms with Gasteiger partial charge in [-0.2, -0.15) is 8.78 Å². The van der Waals surface area contributed by atoms with E-state index < -0.39 is 17.9 Å². The monoisotopic (exact) mass is 966 g/mol. The molecule has 8 rings (SSSR count). The number of pyridine rings is 2. The molecule has 6 heterocycles. The summed E-state index contributed by atoms with van der Waals surface area (Å²) in [6.45, 7) is 14.6. The zero-order valence-corrected chi connectivity index (χ0v) is 38.0. The zero-order chi connectivity index (χ0) is 43.0. The fourth-order valence-corrected chi connectivity index (χ4v) is 9.08. The van der Waals surface area contributed by atoms with Crippen LogP contribution < -0.4 is 5.32 Å². The molecule has 0 atom stereocenters. The number of halogens is 4. The summed E-state index contributed by atoms with van der Waals surface area (Å²) >= 11 is 7.20. The van der Waals surface area contributed by atoms with Gasteiger partial charge < -0.3 is 15.3 Å². The first-order valence-corrected chi connectivity index (χ1v) is 23.0. The SMILES string of the molecule is Brc1ccccc1CN1CCNCC1.O=C(C1CCN(Cc2ccnc(F)c2)CC1)N1CCN(Cc2ccccc2Br)CC1.O=C(O)C1CCN(Cc2ccnc(F)c2)CC1. The highest BCUT2D eigenvalue weighted by atomic mass is 79.9. The number of likely N-dealkylation sites (tertiary alicyclic amines) is 2. The summed E-state index contributed by atoms with van der Waals surface area (Å²) < 4.78 is 28.5. The van der Waals surface area contributed by atoms with E-state index in [4.69, 9.17) is 5.11 Å². The third-order valence-electron chi connectivity index (χ3n) is 11.9. The fourth-order valence-electron chi connectivity index (χ4n) is 8.26. The normalized spacial score (nSPS) is 18.7. The second-order valence-corrected chi connectivity index (χ2v) is 17.9. The standard InChI is InChI=1S/C23H28BrFN4O.C12H15FN2O2.C11H15BrN2/c24-21-4-2-1-3-20(21)17-28-11-13-29(14-12-28)23(30)19-6-9-27(10-7-19)16-18-5-8-26-22(25)15-18;13-11-7-9(1-4-14-11)8-15-5-2-10(3-6-15)12(16)17;12-11-4-2-1-3-10(11)9-14-7-5-13-6-8-14/h1-5,8,15,19H,6-7,9-14,16-17H2;1,4,7,10H,2-3,5-6,8H2,(H,16,17);1-4,13H,5-9H2. The van der Waals surface area contributed by atoms with E-state index in [1.165, 1.54) is 40.1 Å². The van der Waals surface area contributed by atoms with Crippen LogP contribution >= 0.6 is 31.9 Å². The maximum absolute atomic E-state index is 13.3. The van der Waals surface area contributed by atoms with Crippen LogP contribution in [0.25, 0.3) is 0 Å². The van der Waals surface area contributed by atoms with Gasteiger partial charge in [0.25, 0.3) is 0 Å². The van der Waals surface area contributed by atoms with Crippen molar-refractivity contribution in [3.63, 3.8) is 0 Å². The average molecular weight is 969 g/mol. The molecule has 0 bridgehead atoms. The highest BCUT2D eigenvalue weighted by Crippen LogP contribution is 2.24. The summed E-state index contributed by atoms with van der Waals surface area (Å²) in [6.07, 6.45) is 6.06. The van der Waals surface area contributed by atoms with E-state index in [1.54, 1.807) is 6.07 Å². The summed E-state index contributed by atoms with van der Waals surface area (Å²) in [5.74, 6) is -1.41. The summed E-state index contributed by atoms with van der Waals surface area (Å²) in [5.41, 5.74) is 4.49. The maximum atomic E-state index is 13.3. The van der Waals surface area contributed by atoms with Crippen molar-refractivity contribution in [1.29, 1.82) is 0 Å². The van der Waals surface area contributed by atoms with Crippen LogP contribution in [0.2, 0.25) is 0 Å². The van der Waals surface area contributed by atoms with Crippen molar-refractivity contribution >= 4 is 43.7 Å². The minimum Gasteiger partial charge on any atom is -0.481 e. The number of amides is 1. The molecule has 0 aliphatic carbocycles. The van der Waals surface area contributed by atoms with E-state index in [2.05, 4.69) is 114 Å². The number of piperazine rings is 2. The van der Waals surface area contributed by atoms with Gasteiger partial charge in [0.1, 0.15) is 0 Å². The quantitative estimate of drug-likeness (QED) is 0.163. The number of carboxylic acid groups (broad SMARTS) is 1. The van der Waals surface area contributed by atoms with Gasteiger partial charge in [-0.05, 0) is 111 Å². The Labute approximate surface area is 375 Å². The number of aliphatic carboxylic acids is 1. The zero-order valence-electron chi connectivity index (χ0n) is 34.8. The van der Waals surface area contributed by atoms with Crippen molar-refractivity contribution in [2.24, 2.45) is 11.8 Å². The topological polar surface area (TPSA) is 108 Å². The van der Waals surface area contributed by atoms with Gasteiger partial charge in [0.15, 0.2) is 0 Å². The molecule has 0 radical (unpaired) electrons. The third kappa shape index (κ3) is 15.3. The number of piperidine rings is 2. The molecule has 4 aliphatic heterocycles. The molecular formula is C46H58Br2F2N8O3. The molecular weight excluding hydrogens is 910 g/mol. The van der Waals surface area contributed by atoms with Gasteiger partial charge in [0, 0.05) is 106 Å². The number of carbonyl (C=O) groups excluding carboxylic acids is 1. The number of rotatable bonds is 10. The van der Waals surface area contributed by atoms with Crippen molar-refractivity contribution in [3.05, 3.63) is 128 Å². The van der Waals surface area contributed by atoms with E-state index >= 15 is 0 Å². The van der Waals surface area contributed by atoms with E-state index in [0.29, 0.717) is 31.8 Å². The first-order valence-electron chi connectivity index (χ1n) is 21.4. The lowest BCUT2D eigenvalue weighted by Gasteiger charge is -2.38. The van der Waals surface area contributed by atoms with Crippen molar-refractivity contribution < 1.29 is 23.5 Å². The fraction of sp³-hybridized carbons (Fsp3) is 0.478. The number of benzene rings is 2. The predicted octanol–water partition coefficient (Wildman–Crippen LogP) is 6.91. The molecule has 0 saturated carbocycles. The van der Waals surface area contributed by atoms with E-state index in [1.807, 2.05) is 12.1 Å². The largest absolute Gasteiger partial charge is 0.481 e. The second-order valence-electron chi connectivity index (χ2n) is 16.2. The molecule has 1 amide bonds. The highest BCUT2D eigenvalue weighted by Gasteiger charge is 2.31. The van der Waals surface area contributed by atoms with E-state index in [0.717, 1.165) is 120 Å². The molecule has 4 fully saturated rings. The highest BCUT2D eigenvalue weighted by molar-refractivity contribution is 9.10. The Kier molecular flexibility index (Phi) is 18.6. The maximum Gasteiger partial charge on any atom is 0.306 e. The van der Waals surface area contributed by atoms with E-state index in [9.17, 15) is 18.4 Å². The molecule has 0 unspecified atom stereocenters. The van der Waals surface area contributed by atoms with Gasteiger partial charge in [-0.25, -0.2) is 9.97 Å². The summed E-state index contributed by atoms with van der Waals surface area (Å²) in [7, 11) is 0. The molecule has 4 saturated heterocycles. The molecule has 328 valence electrons. The molecule has 2 aromatic heterocycles. The van der Waals surface area contributed by atoms with Gasteiger partial charge >= 0.3 is 5.97 Å². The molecule has 4 aromatic rings. The lowest BCUT2D eigenvalue weighted by molar-refractivity contribution is -0.143. The molecule has 61 heavy (non-hydrogen) atoms. The molecule has 2 N–H and O–H groups in total. The Bertz CT molecular complexity index is 1990. The van der Waals surface area contributed by atoms with Gasteiger partial charge in [-0.3, -0.25) is 29.2 Å². The minimum absolute atomic E-state index is 0.116. The van der Waals surface area contributed by atoms with Crippen LogP contribution in [-0.2, 0) is 35.8 Å². The second kappa shape index (κ2) is 24.2. The number of carboxylic acids is 1. The molecule has 0 spiro atoms. The van der Waals surface area contributed by atoms with Crippen LogP contribution in [0.1, 0.15) is 47.9 Å². The van der Waals surface area contributed by atoms with Crippen LogP contribution in [0, 0.1) is 23.7 Å². The summed E-state index contributed by atoms with van der Waals surface area (Å²) in [4.78, 5) is 42.3. The lowest BCUT2D eigenvalue weighted by atomic mass is 9.94. The number of hydrogen-bond donors (Lipinski definition) is 2. The Balaban J connectivity index is 0.000000169. The number of hydrogen-bond acceptors (Lipinski definition) is 9. The van der Waals surface area contributed by atoms with Gasteiger partial charge in [-0.15, -0.1) is 0 Å². The van der Waals surface area contributed by atoms with Gasteiger partial charge in [0.2, 0.25) is 17.8 Å². The Morgan fingerprint density at radius 1 is 0.590 bits per heavy atom. The molecule has 11 nitrogen and oxygen atoms in total.